The highest BCUT2D eigenvalue weighted by atomic mass is 35.5. The van der Waals surface area contributed by atoms with Crippen LogP contribution in [0.4, 0.5) is 5.69 Å². The van der Waals surface area contributed by atoms with Crippen molar-refractivity contribution >= 4 is 50.7 Å². The molecule has 0 fully saturated rings. The predicted molar refractivity (Wildman–Crippen MR) is 138 cm³/mol. The van der Waals surface area contributed by atoms with E-state index in [4.69, 9.17) is 23.2 Å². The number of sulfonamides is 1. The molecular formula is C24H31Cl2N3O4S. The summed E-state index contributed by atoms with van der Waals surface area (Å²) in [5, 5.41) is 3.69. The highest BCUT2D eigenvalue weighted by molar-refractivity contribution is 7.92. The van der Waals surface area contributed by atoms with Crippen LogP contribution in [0.1, 0.15) is 38.8 Å². The van der Waals surface area contributed by atoms with E-state index >= 15 is 0 Å². The topological polar surface area (TPSA) is 86.8 Å². The Morgan fingerprint density at radius 1 is 1.03 bits per heavy atom. The Morgan fingerprint density at radius 2 is 1.62 bits per heavy atom. The molecule has 0 aromatic heterocycles. The van der Waals surface area contributed by atoms with Crippen molar-refractivity contribution in [3.63, 3.8) is 0 Å². The lowest BCUT2D eigenvalue weighted by Crippen LogP contribution is -2.54. The molecule has 2 aromatic rings. The fraction of sp³-hybridized carbons (Fsp3) is 0.417. The largest absolute Gasteiger partial charge is 0.350 e. The monoisotopic (exact) mass is 527 g/mol. The van der Waals surface area contributed by atoms with Crippen molar-refractivity contribution in [3.8, 4) is 0 Å². The highest BCUT2D eigenvalue weighted by Gasteiger charge is 2.32. The minimum absolute atomic E-state index is 0.0311. The van der Waals surface area contributed by atoms with Gasteiger partial charge in [0.25, 0.3) is 0 Å². The lowest BCUT2D eigenvalue weighted by atomic mass is 10.1. The molecule has 0 saturated carbocycles. The van der Waals surface area contributed by atoms with Gasteiger partial charge in [0.05, 0.1) is 11.9 Å². The van der Waals surface area contributed by atoms with E-state index < -0.39 is 34.1 Å². The Morgan fingerprint density at radius 3 is 2.18 bits per heavy atom. The standard InChI is InChI=1S/C24H31Cl2N3O4S/c1-16-19(25)12-9-13-21(16)29(34(6,32)33)15-22(30)28(14-18-10-7-8-11-20(18)26)17(2)23(31)27-24(3,4)5/h7-13,17H,14-15H2,1-6H3,(H,27,31). The van der Waals surface area contributed by atoms with Crippen LogP contribution in [-0.4, -0.2) is 49.5 Å². The molecule has 1 unspecified atom stereocenters. The zero-order valence-corrected chi connectivity index (χ0v) is 22.6. The van der Waals surface area contributed by atoms with Gasteiger partial charge in [0, 0.05) is 22.1 Å². The van der Waals surface area contributed by atoms with Gasteiger partial charge in [-0.05, 0) is 63.9 Å². The number of amides is 2. The van der Waals surface area contributed by atoms with Crippen LogP contribution in [0.3, 0.4) is 0 Å². The zero-order chi connectivity index (χ0) is 25.8. The molecule has 10 heteroatoms. The Balaban J connectivity index is 2.47. The van der Waals surface area contributed by atoms with Gasteiger partial charge in [-0.1, -0.05) is 47.5 Å². The van der Waals surface area contributed by atoms with E-state index in [9.17, 15) is 18.0 Å². The number of carbonyl (C=O) groups is 2. The van der Waals surface area contributed by atoms with Gasteiger partial charge in [-0.3, -0.25) is 13.9 Å². The number of hydrogen-bond donors (Lipinski definition) is 1. The second-order valence-electron chi connectivity index (χ2n) is 9.18. The number of carbonyl (C=O) groups excluding carboxylic acids is 2. The molecule has 1 N–H and O–H groups in total. The molecule has 2 rings (SSSR count). The third-order valence-corrected chi connectivity index (χ3v) is 7.06. The summed E-state index contributed by atoms with van der Waals surface area (Å²) in [6.07, 6.45) is 1.02. The molecule has 0 heterocycles. The molecule has 2 aromatic carbocycles. The molecule has 0 aliphatic heterocycles. The van der Waals surface area contributed by atoms with E-state index in [1.807, 2.05) is 20.8 Å². The molecule has 0 saturated heterocycles. The van der Waals surface area contributed by atoms with Crippen molar-refractivity contribution < 1.29 is 18.0 Å². The Bertz CT molecular complexity index is 1160. The molecule has 1 atom stereocenters. The van der Waals surface area contributed by atoms with Gasteiger partial charge in [0.1, 0.15) is 12.6 Å². The average Bonchev–Trinajstić information content (AvgIpc) is 2.71. The third-order valence-electron chi connectivity index (χ3n) is 5.15. The summed E-state index contributed by atoms with van der Waals surface area (Å²) in [5.41, 5.74) is 0.949. The van der Waals surface area contributed by atoms with Crippen LogP contribution in [0.5, 0.6) is 0 Å². The SMILES string of the molecule is Cc1c(Cl)cccc1N(CC(=O)N(Cc1ccccc1Cl)C(C)C(=O)NC(C)(C)C)S(C)(=O)=O. The third kappa shape index (κ3) is 7.35. The van der Waals surface area contributed by atoms with E-state index in [1.165, 1.54) is 4.90 Å². The van der Waals surface area contributed by atoms with Crippen molar-refractivity contribution in [2.45, 2.75) is 52.7 Å². The van der Waals surface area contributed by atoms with Gasteiger partial charge < -0.3 is 10.2 Å². The van der Waals surface area contributed by atoms with E-state index in [0.717, 1.165) is 10.6 Å². The van der Waals surface area contributed by atoms with Crippen LogP contribution in [0.25, 0.3) is 0 Å². The molecule has 0 radical (unpaired) electrons. The molecule has 2 amide bonds. The normalized spacial score (nSPS) is 12.7. The van der Waals surface area contributed by atoms with E-state index in [0.29, 0.717) is 26.9 Å². The van der Waals surface area contributed by atoms with Gasteiger partial charge in [-0.15, -0.1) is 0 Å². The van der Waals surface area contributed by atoms with E-state index in [1.54, 1.807) is 56.3 Å². The summed E-state index contributed by atoms with van der Waals surface area (Å²) in [5.74, 6) is -0.918. The van der Waals surface area contributed by atoms with E-state index in [2.05, 4.69) is 5.32 Å². The number of nitrogens with one attached hydrogen (secondary N) is 1. The zero-order valence-electron chi connectivity index (χ0n) is 20.2. The molecule has 0 bridgehead atoms. The van der Waals surface area contributed by atoms with Crippen LogP contribution < -0.4 is 9.62 Å². The van der Waals surface area contributed by atoms with Crippen molar-refractivity contribution in [1.82, 2.24) is 10.2 Å². The van der Waals surface area contributed by atoms with Gasteiger partial charge in [0.15, 0.2) is 0 Å². The average molecular weight is 529 g/mol. The Labute approximate surface area is 212 Å². The smallest absolute Gasteiger partial charge is 0.244 e. The minimum atomic E-state index is -3.84. The number of rotatable bonds is 8. The van der Waals surface area contributed by atoms with Crippen molar-refractivity contribution in [1.29, 1.82) is 0 Å². The quantitative estimate of drug-likeness (QED) is 0.551. The maximum Gasteiger partial charge on any atom is 0.244 e. The summed E-state index contributed by atoms with van der Waals surface area (Å²) < 4.78 is 26.3. The first kappa shape index (κ1) is 28.0. The maximum atomic E-state index is 13.6. The number of anilines is 1. The van der Waals surface area contributed by atoms with Crippen LogP contribution >= 0.6 is 23.2 Å². The first-order chi connectivity index (χ1) is 15.6. The number of nitrogens with zero attached hydrogens (tertiary/aromatic N) is 2. The summed E-state index contributed by atoms with van der Waals surface area (Å²) in [6, 6.07) is 11.0. The van der Waals surface area contributed by atoms with Crippen molar-refractivity contribution in [2.24, 2.45) is 0 Å². The molecule has 7 nitrogen and oxygen atoms in total. The van der Waals surface area contributed by atoms with Crippen molar-refractivity contribution in [2.75, 3.05) is 17.1 Å². The summed E-state index contributed by atoms with van der Waals surface area (Å²) >= 11 is 12.5. The second kappa shape index (κ2) is 11.0. The van der Waals surface area contributed by atoms with Gasteiger partial charge >= 0.3 is 0 Å². The number of halogens is 2. The summed E-state index contributed by atoms with van der Waals surface area (Å²) in [6.45, 7) is 8.33. The first-order valence-corrected chi connectivity index (χ1v) is 13.3. The lowest BCUT2D eigenvalue weighted by Gasteiger charge is -2.33. The predicted octanol–water partition coefficient (Wildman–Crippen LogP) is 4.40. The molecule has 0 spiro atoms. The molecular weight excluding hydrogens is 497 g/mol. The van der Waals surface area contributed by atoms with Crippen LogP contribution in [0.2, 0.25) is 10.0 Å². The number of hydrogen-bond acceptors (Lipinski definition) is 4. The fourth-order valence-corrected chi connectivity index (χ4v) is 4.59. The molecule has 0 aliphatic rings. The number of benzene rings is 2. The lowest BCUT2D eigenvalue weighted by molar-refractivity contribution is -0.140. The van der Waals surface area contributed by atoms with Gasteiger partial charge in [0.2, 0.25) is 21.8 Å². The van der Waals surface area contributed by atoms with Crippen LogP contribution in [0.15, 0.2) is 42.5 Å². The Hall–Kier alpha value is -2.29. The summed E-state index contributed by atoms with van der Waals surface area (Å²) in [7, 11) is -3.84. The van der Waals surface area contributed by atoms with Crippen molar-refractivity contribution in [3.05, 3.63) is 63.6 Å². The van der Waals surface area contributed by atoms with E-state index in [-0.39, 0.29) is 12.5 Å². The fourth-order valence-electron chi connectivity index (χ4n) is 3.33. The van der Waals surface area contributed by atoms with Crippen LogP contribution in [-0.2, 0) is 26.2 Å². The van der Waals surface area contributed by atoms with Gasteiger partial charge in [-0.25, -0.2) is 8.42 Å². The highest BCUT2D eigenvalue weighted by Crippen LogP contribution is 2.28. The maximum absolute atomic E-state index is 13.6. The summed E-state index contributed by atoms with van der Waals surface area (Å²) in [4.78, 5) is 27.8. The van der Waals surface area contributed by atoms with Gasteiger partial charge in [-0.2, -0.15) is 0 Å². The molecule has 186 valence electrons. The minimum Gasteiger partial charge on any atom is -0.350 e. The van der Waals surface area contributed by atoms with Crippen LogP contribution in [0, 0.1) is 6.92 Å². The second-order valence-corrected chi connectivity index (χ2v) is 11.9. The molecule has 0 aliphatic carbocycles. The Kier molecular flexibility index (Phi) is 9.02. The molecule has 34 heavy (non-hydrogen) atoms. The first-order valence-electron chi connectivity index (χ1n) is 10.7.